The molecule has 24 heavy (non-hydrogen) atoms. The minimum Gasteiger partial charge on any atom is -0.377 e. The molecule has 0 saturated carbocycles. The van der Waals surface area contributed by atoms with E-state index in [0.29, 0.717) is 32.8 Å². The largest absolute Gasteiger partial charge is 0.377 e. The Balaban J connectivity index is 3.17. The highest BCUT2D eigenvalue weighted by Gasteiger charge is 2.00. The molecule has 2 amide bonds. The summed E-state index contributed by atoms with van der Waals surface area (Å²) in [5.41, 5.74) is 4.93. The molecular formula is C18H36N2O4. The SMILES string of the molecule is CCCCCCCCCCCC(=O)NCCOCCOCC(N)=O. The van der Waals surface area contributed by atoms with Gasteiger partial charge < -0.3 is 20.5 Å². The van der Waals surface area contributed by atoms with Gasteiger partial charge in [-0.2, -0.15) is 0 Å². The van der Waals surface area contributed by atoms with Crippen molar-refractivity contribution in [2.75, 3.05) is 33.0 Å². The van der Waals surface area contributed by atoms with Gasteiger partial charge in [-0.1, -0.05) is 58.3 Å². The number of unbranched alkanes of at least 4 members (excludes halogenated alkanes) is 8. The van der Waals surface area contributed by atoms with Crippen LogP contribution in [0.15, 0.2) is 0 Å². The van der Waals surface area contributed by atoms with E-state index >= 15 is 0 Å². The molecule has 0 bridgehead atoms. The highest BCUT2D eigenvalue weighted by atomic mass is 16.5. The average Bonchev–Trinajstić information content (AvgIpc) is 2.55. The summed E-state index contributed by atoms with van der Waals surface area (Å²) in [4.78, 5) is 22.0. The van der Waals surface area contributed by atoms with Crippen LogP contribution in [-0.2, 0) is 19.1 Å². The van der Waals surface area contributed by atoms with Crippen LogP contribution < -0.4 is 11.1 Å². The number of carbonyl (C=O) groups excluding carboxylic acids is 2. The van der Waals surface area contributed by atoms with Crippen LogP contribution in [0.1, 0.15) is 71.1 Å². The molecule has 0 fully saturated rings. The molecule has 0 atom stereocenters. The van der Waals surface area contributed by atoms with E-state index in [0.717, 1.165) is 12.8 Å². The molecule has 0 unspecified atom stereocenters. The third-order valence-electron chi connectivity index (χ3n) is 3.69. The van der Waals surface area contributed by atoms with Crippen molar-refractivity contribution in [1.82, 2.24) is 5.32 Å². The monoisotopic (exact) mass is 344 g/mol. The highest BCUT2D eigenvalue weighted by molar-refractivity contribution is 5.75. The van der Waals surface area contributed by atoms with Crippen molar-refractivity contribution in [2.24, 2.45) is 5.73 Å². The highest BCUT2D eigenvalue weighted by Crippen LogP contribution is 2.10. The first-order chi connectivity index (χ1) is 11.7. The number of rotatable bonds is 18. The summed E-state index contributed by atoms with van der Waals surface area (Å²) in [6.45, 7) is 3.82. The molecule has 3 N–H and O–H groups in total. The number of amides is 2. The second kappa shape index (κ2) is 18.2. The Morgan fingerprint density at radius 1 is 0.833 bits per heavy atom. The van der Waals surface area contributed by atoms with Gasteiger partial charge in [0.25, 0.3) is 0 Å². The molecule has 0 heterocycles. The van der Waals surface area contributed by atoms with Crippen molar-refractivity contribution in [3.05, 3.63) is 0 Å². The van der Waals surface area contributed by atoms with E-state index in [-0.39, 0.29) is 12.5 Å². The van der Waals surface area contributed by atoms with Gasteiger partial charge in [-0.3, -0.25) is 9.59 Å². The van der Waals surface area contributed by atoms with Gasteiger partial charge in [0.1, 0.15) is 6.61 Å². The van der Waals surface area contributed by atoms with Crippen LogP contribution in [-0.4, -0.2) is 44.8 Å². The Hall–Kier alpha value is -1.14. The first-order valence-corrected chi connectivity index (χ1v) is 9.37. The van der Waals surface area contributed by atoms with Crippen LogP contribution >= 0.6 is 0 Å². The number of primary amides is 1. The van der Waals surface area contributed by atoms with E-state index in [1.165, 1.54) is 44.9 Å². The van der Waals surface area contributed by atoms with E-state index in [1.54, 1.807) is 0 Å². The molecule has 6 heteroatoms. The molecular weight excluding hydrogens is 308 g/mol. The molecule has 0 radical (unpaired) electrons. The molecule has 0 aliphatic heterocycles. The Morgan fingerprint density at radius 3 is 2.04 bits per heavy atom. The zero-order chi connectivity index (χ0) is 17.9. The fourth-order valence-electron chi connectivity index (χ4n) is 2.34. The van der Waals surface area contributed by atoms with E-state index in [4.69, 9.17) is 15.2 Å². The van der Waals surface area contributed by atoms with E-state index < -0.39 is 5.91 Å². The van der Waals surface area contributed by atoms with Crippen molar-refractivity contribution >= 4 is 11.8 Å². The second-order valence-electron chi connectivity index (χ2n) is 6.06. The molecule has 0 aliphatic rings. The van der Waals surface area contributed by atoms with Gasteiger partial charge in [0.2, 0.25) is 11.8 Å². The van der Waals surface area contributed by atoms with Gasteiger partial charge in [0.15, 0.2) is 0 Å². The summed E-state index contributed by atoms with van der Waals surface area (Å²) in [5.74, 6) is -0.398. The Labute approximate surface area is 146 Å². The molecule has 0 spiro atoms. The summed E-state index contributed by atoms with van der Waals surface area (Å²) in [6.07, 6.45) is 11.9. The van der Waals surface area contributed by atoms with Crippen LogP contribution in [0.4, 0.5) is 0 Å². The van der Waals surface area contributed by atoms with Crippen molar-refractivity contribution in [3.63, 3.8) is 0 Å². The predicted octanol–water partition coefficient (Wildman–Crippen LogP) is 2.54. The first kappa shape index (κ1) is 22.9. The molecule has 0 aromatic heterocycles. The minimum atomic E-state index is -0.487. The van der Waals surface area contributed by atoms with Gasteiger partial charge in [-0.15, -0.1) is 0 Å². The topological polar surface area (TPSA) is 90.7 Å². The standard InChI is InChI=1S/C18H36N2O4/c1-2-3-4-5-6-7-8-9-10-11-18(22)20-12-13-23-14-15-24-16-17(19)21/h2-16H2,1H3,(H2,19,21)(H,20,22). The molecule has 0 saturated heterocycles. The molecule has 0 rings (SSSR count). The maximum Gasteiger partial charge on any atom is 0.243 e. The van der Waals surface area contributed by atoms with Gasteiger partial charge in [0.05, 0.1) is 19.8 Å². The number of nitrogens with one attached hydrogen (secondary N) is 1. The smallest absolute Gasteiger partial charge is 0.243 e. The summed E-state index contributed by atoms with van der Waals surface area (Å²) >= 11 is 0. The quantitative estimate of drug-likeness (QED) is 0.374. The number of ether oxygens (including phenoxy) is 2. The lowest BCUT2D eigenvalue weighted by molar-refractivity contribution is -0.123. The number of hydrogen-bond acceptors (Lipinski definition) is 4. The zero-order valence-electron chi connectivity index (χ0n) is 15.3. The van der Waals surface area contributed by atoms with Crippen LogP contribution in [0.2, 0.25) is 0 Å². The average molecular weight is 344 g/mol. The lowest BCUT2D eigenvalue weighted by Crippen LogP contribution is -2.27. The van der Waals surface area contributed by atoms with E-state index in [2.05, 4.69) is 12.2 Å². The van der Waals surface area contributed by atoms with Gasteiger partial charge in [-0.05, 0) is 6.42 Å². The Kier molecular flexibility index (Phi) is 17.3. The third kappa shape index (κ3) is 18.9. The lowest BCUT2D eigenvalue weighted by Gasteiger charge is -2.07. The number of hydrogen-bond donors (Lipinski definition) is 2. The fraction of sp³-hybridized carbons (Fsp3) is 0.889. The van der Waals surface area contributed by atoms with Crippen LogP contribution in [0.3, 0.4) is 0 Å². The summed E-state index contributed by atoms with van der Waals surface area (Å²) < 4.78 is 10.2. The van der Waals surface area contributed by atoms with Gasteiger partial charge >= 0.3 is 0 Å². The Bertz CT molecular complexity index is 311. The maximum atomic E-state index is 11.6. The summed E-state index contributed by atoms with van der Waals surface area (Å²) in [7, 11) is 0. The Morgan fingerprint density at radius 2 is 1.42 bits per heavy atom. The van der Waals surface area contributed by atoms with Gasteiger partial charge in [0, 0.05) is 13.0 Å². The third-order valence-corrected chi connectivity index (χ3v) is 3.69. The molecule has 0 aromatic rings. The normalized spacial score (nSPS) is 10.7. The lowest BCUT2D eigenvalue weighted by atomic mass is 10.1. The predicted molar refractivity (Wildman–Crippen MR) is 95.7 cm³/mol. The molecule has 6 nitrogen and oxygen atoms in total. The van der Waals surface area contributed by atoms with E-state index in [1.807, 2.05) is 0 Å². The van der Waals surface area contributed by atoms with Crippen LogP contribution in [0.25, 0.3) is 0 Å². The zero-order valence-corrected chi connectivity index (χ0v) is 15.3. The maximum absolute atomic E-state index is 11.6. The van der Waals surface area contributed by atoms with Crippen molar-refractivity contribution in [2.45, 2.75) is 71.1 Å². The van der Waals surface area contributed by atoms with Crippen LogP contribution in [0.5, 0.6) is 0 Å². The van der Waals surface area contributed by atoms with Crippen molar-refractivity contribution in [3.8, 4) is 0 Å². The second-order valence-corrected chi connectivity index (χ2v) is 6.06. The van der Waals surface area contributed by atoms with Crippen molar-refractivity contribution < 1.29 is 19.1 Å². The first-order valence-electron chi connectivity index (χ1n) is 9.37. The fourth-order valence-corrected chi connectivity index (χ4v) is 2.34. The number of nitrogens with two attached hydrogens (primary N) is 1. The van der Waals surface area contributed by atoms with Crippen LogP contribution in [0, 0.1) is 0 Å². The van der Waals surface area contributed by atoms with E-state index in [9.17, 15) is 9.59 Å². The molecule has 0 aliphatic carbocycles. The number of carbonyl (C=O) groups is 2. The minimum absolute atomic E-state index is 0.0845. The van der Waals surface area contributed by atoms with Gasteiger partial charge in [-0.25, -0.2) is 0 Å². The van der Waals surface area contributed by atoms with Crippen molar-refractivity contribution in [1.29, 1.82) is 0 Å². The summed E-state index contributed by atoms with van der Waals surface area (Å²) in [6, 6.07) is 0. The summed E-state index contributed by atoms with van der Waals surface area (Å²) in [5, 5.41) is 2.84. The molecule has 142 valence electrons. The molecule has 0 aromatic carbocycles.